The third-order valence-electron chi connectivity index (χ3n) is 6.05. The zero-order chi connectivity index (χ0) is 22.4. The summed E-state index contributed by atoms with van der Waals surface area (Å²) in [6, 6.07) is 5.66. The van der Waals surface area contributed by atoms with Crippen molar-refractivity contribution in [2.45, 2.75) is 64.8 Å². The van der Waals surface area contributed by atoms with Gasteiger partial charge in [0, 0.05) is 19.5 Å². The van der Waals surface area contributed by atoms with Crippen LogP contribution in [0.25, 0.3) is 0 Å². The minimum atomic E-state index is -0.474. The van der Waals surface area contributed by atoms with Crippen LogP contribution in [0, 0.1) is 13.8 Å². The number of amides is 3. The quantitative estimate of drug-likeness (QED) is 0.524. The van der Waals surface area contributed by atoms with Gasteiger partial charge in [0.05, 0.1) is 21.6 Å². The Bertz CT molecular complexity index is 1100. The van der Waals surface area contributed by atoms with Crippen molar-refractivity contribution < 1.29 is 23.9 Å². The van der Waals surface area contributed by atoms with Gasteiger partial charge in [-0.3, -0.25) is 19.8 Å². The molecule has 3 aliphatic heterocycles. The molecule has 9 nitrogen and oxygen atoms in total. The Kier molecular flexibility index (Phi) is 5.44. The Morgan fingerprint density at radius 3 is 2.97 bits per heavy atom. The third kappa shape index (κ3) is 4.13. The lowest BCUT2D eigenvalue weighted by molar-refractivity contribution is -0.138. The number of fused-ring (bicyclic) bond motifs is 3. The molecule has 32 heavy (non-hydrogen) atoms. The van der Waals surface area contributed by atoms with Crippen LogP contribution in [0.5, 0.6) is 0 Å². The summed E-state index contributed by atoms with van der Waals surface area (Å²) in [5, 5.41) is 6.16. The number of hydrogen-bond acceptors (Lipinski definition) is 8. The van der Waals surface area contributed by atoms with Crippen molar-refractivity contribution in [2.75, 3.05) is 0 Å². The predicted octanol–water partition coefficient (Wildman–Crippen LogP) is 2.20. The molecule has 168 valence electrons. The zero-order valence-corrected chi connectivity index (χ0v) is 18.7. The van der Waals surface area contributed by atoms with E-state index in [0.717, 1.165) is 32.3 Å². The number of ether oxygens (including phenoxy) is 2. The fourth-order valence-electron chi connectivity index (χ4n) is 4.38. The number of rotatable bonds is 5. The summed E-state index contributed by atoms with van der Waals surface area (Å²) in [4.78, 5) is 43.1. The highest BCUT2D eigenvalue weighted by molar-refractivity contribution is 7.11. The molecule has 3 aliphatic rings. The number of aryl methyl sites for hydroxylation is 2. The Hall–Kier alpha value is -2.82. The molecule has 5 rings (SSSR count). The van der Waals surface area contributed by atoms with E-state index in [9.17, 15) is 14.4 Å². The summed E-state index contributed by atoms with van der Waals surface area (Å²) in [5.41, 5.74) is 4.02. The summed E-state index contributed by atoms with van der Waals surface area (Å²) in [5.74, 6) is -0.466. The first kappa shape index (κ1) is 21.0. The maximum atomic E-state index is 12.3. The van der Waals surface area contributed by atoms with E-state index in [0.29, 0.717) is 25.9 Å². The van der Waals surface area contributed by atoms with E-state index < -0.39 is 6.09 Å². The number of carbonyl (C=O) groups excluding carboxylic acids is 3. The number of carbonyl (C=O) groups is 3. The van der Waals surface area contributed by atoms with Gasteiger partial charge in [0.2, 0.25) is 11.8 Å². The molecule has 0 spiro atoms. The van der Waals surface area contributed by atoms with Crippen molar-refractivity contribution in [2.24, 2.45) is 0 Å². The monoisotopic (exact) mass is 456 g/mol. The van der Waals surface area contributed by atoms with Gasteiger partial charge in [-0.15, -0.1) is 11.3 Å². The molecule has 2 N–H and O–H groups in total. The number of piperidine rings is 1. The summed E-state index contributed by atoms with van der Waals surface area (Å²) in [6.07, 6.45) is 0.147. The number of hydrogen-bond donors (Lipinski definition) is 2. The number of aromatic nitrogens is 1. The van der Waals surface area contributed by atoms with E-state index in [1.54, 1.807) is 0 Å². The number of nitrogens with zero attached hydrogens (tertiary/aromatic N) is 2. The molecule has 1 aromatic heterocycles. The molecular weight excluding hydrogens is 432 g/mol. The number of thiazole rings is 1. The average Bonchev–Trinajstić information content (AvgIpc) is 3.49. The summed E-state index contributed by atoms with van der Waals surface area (Å²) in [6.45, 7) is 4.98. The first-order valence-electron chi connectivity index (χ1n) is 10.6. The van der Waals surface area contributed by atoms with E-state index in [2.05, 4.69) is 15.6 Å². The van der Waals surface area contributed by atoms with Crippen LogP contribution >= 0.6 is 11.3 Å². The Morgan fingerprint density at radius 1 is 1.38 bits per heavy atom. The van der Waals surface area contributed by atoms with Crippen LogP contribution in [0.2, 0.25) is 0 Å². The standard InChI is InChI=1S/C22H24N4O5S/c1-11-17(32-12(2)24-11)10-30-22(29)23-8-13-3-4-14-9-26(21-19(31-21)15(14)7-13)16-5-6-18(27)25-20(16)28/h3-4,7,16,19,21H,5-6,8-10H2,1-2H3,(H,23,29)(H,25,27,28). The molecule has 0 saturated carbocycles. The van der Waals surface area contributed by atoms with Gasteiger partial charge in [0.15, 0.2) is 0 Å². The molecule has 2 saturated heterocycles. The molecule has 1 aromatic carbocycles. The second-order valence-corrected chi connectivity index (χ2v) is 9.58. The fourth-order valence-corrected chi connectivity index (χ4v) is 5.23. The molecule has 3 atom stereocenters. The van der Waals surface area contributed by atoms with Gasteiger partial charge in [-0.05, 0) is 37.0 Å². The molecule has 3 unspecified atom stereocenters. The molecule has 2 fully saturated rings. The Morgan fingerprint density at radius 2 is 2.22 bits per heavy atom. The largest absolute Gasteiger partial charge is 0.444 e. The lowest BCUT2D eigenvalue weighted by Crippen LogP contribution is -2.53. The van der Waals surface area contributed by atoms with Crippen LogP contribution in [-0.2, 0) is 38.8 Å². The number of imide groups is 1. The van der Waals surface area contributed by atoms with E-state index in [1.165, 1.54) is 11.3 Å². The van der Waals surface area contributed by atoms with Crippen molar-refractivity contribution in [3.8, 4) is 0 Å². The van der Waals surface area contributed by atoms with Crippen LogP contribution in [-0.4, -0.2) is 40.1 Å². The summed E-state index contributed by atoms with van der Waals surface area (Å²) >= 11 is 1.53. The number of benzene rings is 1. The van der Waals surface area contributed by atoms with Crippen LogP contribution in [0.4, 0.5) is 4.79 Å². The van der Waals surface area contributed by atoms with Crippen molar-refractivity contribution in [3.05, 3.63) is 50.5 Å². The van der Waals surface area contributed by atoms with Gasteiger partial charge < -0.3 is 14.8 Å². The lowest BCUT2D eigenvalue weighted by Gasteiger charge is -2.34. The molecule has 2 aromatic rings. The summed E-state index contributed by atoms with van der Waals surface area (Å²) < 4.78 is 11.2. The fraction of sp³-hybridized carbons (Fsp3) is 0.455. The predicted molar refractivity (Wildman–Crippen MR) is 114 cm³/mol. The van der Waals surface area contributed by atoms with Crippen LogP contribution in [0.3, 0.4) is 0 Å². The van der Waals surface area contributed by atoms with Gasteiger partial charge in [-0.25, -0.2) is 9.78 Å². The zero-order valence-electron chi connectivity index (χ0n) is 17.8. The highest BCUT2D eigenvalue weighted by Crippen LogP contribution is 2.48. The Balaban J connectivity index is 1.18. The maximum Gasteiger partial charge on any atom is 0.407 e. The maximum absolute atomic E-state index is 12.3. The van der Waals surface area contributed by atoms with Gasteiger partial charge in [-0.2, -0.15) is 0 Å². The van der Waals surface area contributed by atoms with Crippen molar-refractivity contribution in [3.63, 3.8) is 0 Å². The highest BCUT2D eigenvalue weighted by Gasteiger charge is 2.53. The van der Waals surface area contributed by atoms with Gasteiger partial charge >= 0.3 is 6.09 Å². The second-order valence-electron chi connectivity index (χ2n) is 8.29. The Labute approximate surface area is 189 Å². The first-order valence-corrected chi connectivity index (χ1v) is 11.4. The SMILES string of the molecule is Cc1nc(C)c(COC(=O)NCc2ccc3c(c2)C2OC2N(C2CCC(=O)NC2=O)C3)s1. The number of epoxide rings is 1. The second kappa shape index (κ2) is 8.27. The minimum absolute atomic E-state index is 0.0892. The van der Waals surface area contributed by atoms with Crippen LogP contribution in [0.15, 0.2) is 18.2 Å². The van der Waals surface area contributed by atoms with E-state index in [-0.39, 0.29) is 36.8 Å². The molecule has 0 bridgehead atoms. The van der Waals surface area contributed by atoms with Crippen LogP contribution < -0.4 is 10.6 Å². The molecule has 0 aliphatic carbocycles. The van der Waals surface area contributed by atoms with Gasteiger partial charge in [0.1, 0.15) is 18.9 Å². The van der Waals surface area contributed by atoms with Gasteiger partial charge in [0.25, 0.3) is 0 Å². The van der Waals surface area contributed by atoms with Crippen molar-refractivity contribution in [1.82, 2.24) is 20.5 Å². The first-order chi connectivity index (χ1) is 15.4. The molecule has 3 amide bonds. The summed E-state index contributed by atoms with van der Waals surface area (Å²) in [7, 11) is 0. The van der Waals surface area contributed by atoms with Crippen molar-refractivity contribution >= 4 is 29.2 Å². The lowest BCUT2D eigenvalue weighted by atomic mass is 9.94. The number of alkyl carbamates (subject to hydrolysis) is 1. The topological polar surface area (TPSA) is 113 Å². The van der Waals surface area contributed by atoms with E-state index >= 15 is 0 Å². The number of nitrogens with one attached hydrogen (secondary N) is 2. The van der Waals surface area contributed by atoms with E-state index in [4.69, 9.17) is 9.47 Å². The third-order valence-corrected chi connectivity index (χ3v) is 7.09. The molecule has 0 radical (unpaired) electrons. The van der Waals surface area contributed by atoms with Crippen LogP contribution in [0.1, 0.15) is 51.2 Å². The minimum Gasteiger partial charge on any atom is -0.444 e. The smallest absolute Gasteiger partial charge is 0.407 e. The molecular formula is C22H24N4O5S. The highest BCUT2D eigenvalue weighted by atomic mass is 32.1. The van der Waals surface area contributed by atoms with E-state index in [1.807, 2.05) is 36.9 Å². The van der Waals surface area contributed by atoms with Crippen molar-refractivity contribution in [1.29, 1.82) is 0 Å². The normalized spacial score (nSPS) is 24.4. The van der Waals surface area contributed by atoms with Gasteiger partial charge in [-0.1, -0.05) is 18.2 Å². The molecule has 10 heteroatoms. The molecule has 4 heterocycles. The average molecular weight is 457 g/mol.